The Morgan fingerprint density at radius 2 is 2.15 bits per heavy atom. The zero-order valence-corrected chi connectivity index (χ0v) is 7.71. The molecule has 4 heteroatoms. The first-order valence-electron chi connectivity index (χ1n) is 4.16. The summed E-state index contributed by atoms with van der Waals surface area (Å²) in [5.41, 5.74) is 2.17. The summed E-state index contributed by atoms with van der Waals surface area (Å²) in [5.74, 6) is 1.15. The van der Waals surface area contributed by atoms with E-state index >= 15 is 0 Å². The van der Waals surface area contributed by atoms with E-state index in [2.05, 4.69) is 21.2 Å². The Hall–Kier alpha value is -1.16. The van der Waals surface area contributed by atoms with Crippen molar-refractivity contribution >= 4 is 22.7 Å². The summed E-state index contributed by atoms with van der Waals surface area (Å²) in [6.45, 7) is 0. The van der Waals surface area contributed by atoms with Crippen molar-refractivity contribution in [3.63, 3.8) is 0 Å². The minimum Gasteiger partial charge on any atom is -0.250 e. The largest absolute Gasteiger partial charge is 0.250 e. The van der Waals surface area contributed by atoms with Crippen molar-refractivity contribution in [2.75, 3.05) is 5.75 Å². The van der Waals surface area contributed by atoms with Crippen molar-refractivity contribution in [3.05, 3.63) is 24.2 Å². The monoisotopic (exact) mass is 189 g/mol. The Labute approximate surface area is 79.6 Å². The molecule has 0 amide bonds. The first kappa shape index (κ1) is 7.26. The molecule has 0 aromatic carbocycles. The van der Waals surface area contributed by atoms with Gasteiger partial charge in [0.05, 0.1) is 23.6 Å². The van der Waals surface area contributed by atoms with Gasteiger partial charge in [0.25, 0.3) is 0 Å². The van der Waals surface area contributed by atoms with Gasteiger partial charge in [-0.1, -0.05) is 0 Å². The normalized spacial score (nSPS) is 14.8. The summed E-state index contributed by atoms with van der Waals surface area (Å²) >= 11 is 1.87. The Balaban J connectivity index is 2.36. The molecule has 2 aromatic rings. The van der Waals surface area contributed by atoms with Crippen LogP contribution in [0.25, 0.3) is 10.9 Å². The number of fused-ring (bicyclic) bond motifs is 2. The minimum atomic E-state index is 0.955. The van der Waals surface area contributed by atoms with Crippen molar-refractivity contribution in [1.29, 1.82) is 0 Å². The van der Waals surface area contributed by atoms with Gasteiger partial charge in [0, 0.05) is 22.5 Å². The molecule has 0 spiro atoms. The van der Waals surface area contributed by atoms with E-state index in [0.29, 0.717) is 0 Å². The average Bonchev–Trinajstić information content (AvgIpc) is 2.61. The molecular weight excluding hydrogens is 182 g/mol. The van der Waals surface area contributed by atoms with Crippen LogP contribution in [0.15, 0.2) is 23.4 Å². The molecule has 3 heterocycles. The minimum absolute atomic E-state index is 0.955. The Bertz CT molecular complexity index is 427. The third-order valence-corrected chi connectivity index (χ3v) is 3.23. The molecule has 1 aliphatic rings. The van der Waals surface area contributed by atoms with Crippen LogP contribution in [0.3, 0.4) is 0 Å². The second-order valence-electron chi connectivity index (χ2n) is 3.00. The predicted molar refractivity (Wildman–Crippen MR) is 51.8 cm³/mol. The Kier molecular flexibility index (Phi) is 1.49. The number of aryl methyl sites for hydroxylation is 1. The highest BCUT2D eigenvalue weighted by Gasteiger charge is 2.13. The second kappa shape index (κ2) is 2.67. The number of aromatic nitrogens is 3. The van der Waals surface area contributed by atoms with Crippen LogP contribution in [0, 0.1) is 0 Å². The zero-order valence-electron chi connectivity index (χ0n) is 6.90. The number of pyridine rings is 1. The van der Waals surface area contributed by atoms with Gasteiger partial charge in [-0.3, -0.25) is 0 Å². The maximum atomic E-state index is 4.53. The highest BCUT2D eigenvalue weighted by Crippen LogP contribution is 2.31. The van der Waals surface area contributed by atoms with E-state index in [4.69, 9.17) is 0 Å². The zero-order chi connectivity index (χ0) is 8.67. The number of nitrogens with zero attached hydrogens (tertiary/aromatic N) is 3. The molecule has 3 rings (SSSR count). The molecule has 0 fully saturated rings. The Morgan fingerprint density at radius 1 is 1.23 bits per heavy atom. The van der Waals surface area contributed by atoms with E-state index in [1.165, 1.54) is 10.6 Å². The first-order chi connectivity index (χ1) is 6.43. The van der Waals surface area contributed by atoms with Gasteiger partial charge in [-0.25, -0.2) is 4.98 Å². The first-order valence-corrected chi connectivity index (χ1v) is 5.15. The molecule has 0 unspecified atom stereocenters. The molecule has 64 valence electrons. The quantitative estimate of drug-likeness (QED) is 0.632. The maximum Gasteiger partial charge on any atom is 0.0923 e. The standard InChI is InChI=1S/C9H7N3S/c1-2-13-9-3-6-4-10-11-5-8(6)12-7(1)9/h3-5H,1-2H2. The molecule has 0 radical (unpaired) electrons. The lowest BCUT2D eigenvalue weighted by atomic mass is 10.2. The van der Waals surface area contributed by atoms with Crippen molar-refractivity contribution in [2.24, 2.45) is 0 Å². The fourth-order valence-corrected chi connectivity index (χ4v) is 2.56. The number of hydrogen-bond donors (Lipinski definition) is 0. The summed E-state index contributed by atoms with van der Waals surface area (Å²) in [6, 6.07) is 2.16. The summed E-state index contributed by atoms with van der Waals surface area (Å²) in [5, 5.41) is 8.74. The van der Waals surface area contributed by atoms with Gasteiger partial charge in [0.1, 0.15) is 0 Å². The predicted octanol–water partition coefficient (Wildman–Crippen LogP) is 1.67. The van der Waals surface area contributed by atoms with Crippen molar-refractivity contribution < 1.29 is 0 Å². The van der Waals surface area contributed by atoms with Gasteiger partial charge in [-0.15, -0.1) is 11.8 Å². The highest BCUT2D eigenvalue weighted by molar-refractivity contribution is 7.99. The summed E-state index contributed by atoms with van der Waals surface area (Å²) in [4.78, 5) is 5.84. The van der Waals surface area contributed by atoms with Gasteiger partial charge < -0.3 is 0 Å². The van der Waals surface area contributed by atoms with Crippen LogP contribution >= 0.6 is 11.8 Å². The third-order valence-electron chi connectivity index (χ3n) is 2.16. The Morgan fingerprint density at radius 3 is 3.15 bits per heavy atom. The lowest BCUT2D eigenvalue weighted by molar-refractivity contribution is 1.01. The van der Waals surface area contributed by atoms with Crippen LogP contribution in [-0.2, 0) is 6.42 Å². The second-order valence-corrected chi connectivity index (χ2v) is 4.13. The molecule has 3 nitrogen and oxygen atoms in total. The van der Waals surface area contributed by atoms with E-state index in [1.54, 1.807) is 12.4 Å². The van der Waals surface area contributed by atoms with Crippen LogP contribution < -0.4 is 0 Å². The average molecular weight is 189 g/mol. The van der Waals surface area contributed by atoms with E-state index < -0.39 is 0 Å². The molecule has 0 saturated heterocycles. The molecule has 1 aliphatic heterocycles. The maximum absolute atomic E-state index is 4.53. The lowest BCUT2D eigenvalue weighted by Gasteiger charge is -1.99. The van der Waals surface area contributed by atoms with Crippen molar-refractivity contribution in [3.8, 4) is 0 Å². The molecular formula is C9H7N3S. The van der Waals surface area contributed by atoms with Gasteiger partial charge in [-0.05, 0) is 6.07 Å². The molecule has 0 N–H and O–H groups in total. The molecule has 0 saturated carbocycles. The van der Waals surface area contributed by atoms with Gasteiger partial charge >= 0.3 is 0 Å². The lowest BCUT2D eigenvalue weighted by Crippen LogP contribution is -1.90. The summed E-state index contributed by atoms with van der Waals surface area (Å²) in [6.07, 6.45) is 4.57. The third kappa shape index (κ3) is 1.09. The number of hydrogen-bond acceptors (Lipinski definition) is 4. The van der Waals surface area contributed by atoms with Crippen LogP contribution in [0.2, 0.25) is 0 Å². The van der Waals surface area contributed by atoms with E-state index in [9.17, 15) is 0 Å². The van der Waals surface area contributed by atoms with E-state index in [-0.39, 0.29) is 0 Å². The fraction of sp³-hybridized carbons (Fsp3) is 0.222. The van der Waals surface area contributed by atoms with Gasteiger partial charge in [0.2, 0.25) is 0 Å². The van der Waals surface area contributed by atoms with Gasteiger partial charge in [0.15, 0.2) is 0 Å². The summed E-state index contributed by atoms with van der Waals surface area (Å²) in [7, 11) is 0. The van der Waals surface area contributed by atoms with Crippen LogP contribution in [0.5, 0.6) is 0 Å². The van der Waals surface area contributed by atoms with Crippen molar-refractivity contribution in [2.45, 2.75) is 11.3 Å². The SMILES string of the molecule is c1nncc2nc3c(cc12)SCC3. The topological polar surface area (TPSA) is 38.7 Å². The van der Waals surface area contributed by atoms with Crippen LogP contribution in [0.1, 0.15) is 5.69 Å². The van der Waals surface area contributed by atoms with Crippen LogP contribution in [0.4, 0.5) is 0 Å². The smallest absolute Gasteiger partial charge is 0.0923 e. The highest BCUT2D eigenvalue weighted by atomic mass is 32.2. The van der Waals surface area contributed by atoms with Crippen molar-refractivity contribution in [1.82, 2.24) is 15.2 Å². The van der Waals surface area contributed by atoms with E-state index in [0.717, 1.165) is 23.1 Å². The molecule has 0 atom stereocenters. The molecule has 2 aromatic heterocycles. The van der Waals surface area contributed by atoms with E-state index in [1.807, 2.05) is 11.8 Å². The fourth-order valence-electron chi connectivity index (χ4n) is 1.52. The number of rotatable bonds is 0. The molecule has 13 heavy (non-hydrogen) atoms. The summed E-state index contributed by atoms with van der Waals surface area (Å²) < 4.78 is 0. The molecule has 0 bridgehead atoms. The van der Waals surface area contributed by atoms with Gasteiger partial charge in [-0.2, -0.15) is 10.2 Å². The number of thioether (sulfide) groups is 1. The van der Waals surface area contributed by atoms with Crippen LogP contribution in [-0.4, -0.2) is 20.9 Å². The molecule has 0 aliphatic carbocycles.